The molecular formula is C13H9BF3NO5. The number of nitrogens with zero attached hydrogens (tertiary/aromatic N) is 1. The zero-order valence-corrected chi connectivity index (χ0v) is 11.3. The summed E-state index contributed by atoms with van der Waals surface area (Å²) in [7, 11) is -1.78. The van der Waals surface area contributed by atoms with Crippen molar-refractivity contribution >= 4 is 18.3 Å². The van der Waals surface area contributed by atoms with E-state index in [4.69, 9.17) is 14.8 Å². The summed E-state index contributed by atoms with van der Waals surface area (Å²) in [6.07, 6.45) is -4.72. The zero-order valence-electron chi connectivity index (χ0n) is 11.3. The van der Waals surface area contributed by atoms with Gasteiger partial charge < -0.3 is 14.8 Å². The van der Waals surface area contributed by atoms with Gasteiger partial charge in [-0.1, -0.05) is 12.1 Å². The van der Waals surface area contributed by atoms with Crippen molar-refractivity contribution in [2.24, 2.45) is 0 Å². The maximum Gasteiger partial charge on any atom is 0.488 e. The Morgan fingerprint density at radius 2 is 1.83 bits per heavy atom. The minimum atomic E-state index is -4.72. The average Bonchev–Trinajstić information content (AvgIpc) is 2.46. The highest BCUT2D eigenvalue weighted by Crippen LogP contribution is 2.37. The van der Waals surface area contributed by atoms with Crippen LogP contribution in [0.2, 0.25) is 0 Å². The third kappa shape index (κ3) is 3.99. The molecule has 6 nitrogen and oxygen atoms in total. The van der Waals surface area contributed by atoms with Gasteiger partial charge in [-0.25, -0.2) is 0 Å². The second-order valence-corrected chi connectivity index (χ2v) is 4.49. The Kier molecular flexibility index (Phi) is 4.57. The molecule has 2 rings (SSSR count). The van der Waals surface area contributed by atoms with E-state index in [1.807, 2.05) is 0 Å². The lowest BCUT2D eigenvalue weighted by Gasteiger charge is -2.10. The van der Waals surface area contributed by atoms with E-state index in [2.05, 4.69) is 0 Å². The number of hydrogen-bond donors (Lipinski definition) is 2. The van der Waals surface area contributed by atoms with Crippen molar-refractivity contribution in [3.63, 3.8) is 0 Å². The molecule has 0 bridgehead atoms. The van der Waals surface area contributed by atoms with E-state index in [1.54, 1.807) is 0 Å². The molecule has 0 radical (unpaired) electrons. The number of halogens is 3. The minimum Gasteiger partial charge on any atom is -0.450 e. The van der Waals surface area contributed by atoms with Gasteiger partial charge in [-0.05, 0) is 29.7 Å². The Balaban J connectivity index is 2.40. The Hall–Kier alpha value is -2.59. The SMILES string of the molecule is O=[N+]([O-])c1cc(C(F)(F)F)ccc1Oc1cccc(B(O)O)c1. The Bertz CT molecular complexity index is 736. The standard InChI is InChI=1S/C13H9BF3NO5/c15-13(16,17)8-4-5-12(11(6-8)18(21)22)23-10-3-1-2-9(7-10)14(19)20/h1-7,19-20H. The average molecular weight is 327 g/mol. The summed E-state index contributed by atoms with van der Waals surface area (Å²) >= 11 is 0. The van der Waals surface area contributed by atoms with Crippen LogP contribution in [0.4, 0.5) is 18.9 Å². The lowest BCUT2D eigenvalue weighted by molar-refractivity contribution is -0.385. The third-order valence-corrected chi connectivity index (χ3v) is 2.87. The van der Waals surface area contributed by atoms with E-state index >= 15 is 0 Å². The van der Waals surface area contributed by atoms with Crippen molar-refractivity contribution in [3.05, 3.63) is 58.1 Å². The molecule has 10 heteroatoms. The number of ether oxygens (including phenoxy) is 1. The van der Waals surface area contributed by atoms with Crippen LogP contribution < -0.4 is 10.2 Å². The zero-order chi connectivity index (χ0) is 17.2. The van der Waals surface area contributed by atoms with Crippen molar-refractivity contribution in [3.8, 4) is 11.5 Å². The van der Waals surface area contributed by atoms with Crippen LogP contribution in [0.1, 0.15) is 5.56 Å². The van der Waals surface area contributed by atoms with E-state index < -0.39 is 35.2 Å². The first kappa shape index (κ1) is 16.8. The topological polar surface area (TPSA) is 92.8 Å². The van der Waals surface area contributed by atoms with Crippen LogP contribution in [0.5, 0.6) is 11.5 Å². The molecule has 0 aromatic heterocycles. The molecule has 23 heavy (non-hydrogen) atoms. The van der Waals surface area contributed by atoms with Gasteiger partial charge in [0.2, 0.25) is 5.75 Å². The van der Waals surface area contributed by atoms with E-state index in [1.165, 1.54) is 24.3 Å². The van der Waals surface area contributed by atoms with Gasteiger partial charge >= 0.3 is 19.0 Å². The third-order valence-electron chi connectivity index (χ3n) is 2.87. The lowest BCUT2D eigenvalue weighted by atomic mass is 9.80. The van der Waals surface area contributed by atoms with Crippen molar-refractivity contribution in [2.45, 2.75) is 6.18 Å². The quantitative estimate of drug-likeness (QED) is 0.510. The maximum absolute atomic E-state index is 12.6. The van der Waals surface area contributed by atoms with Crippen LogP contribution in [0.15, 0.2) is 42.5 Å². The molecular weight excluding hydrogens is 318 g/mol. The molecule has 0 aliphatic carbocycles. The van der Waals surface area contributed by atoms with Gasteiger partial charge in [0, 0.05) is 6.07 Å². The molecule has 0 aliphatic rings. The first-order valence-corrected chi connectivity index (χ1v) is 6.18. The highest BCUT2D eigenvalue weighted by Gasteiger charge is 2.33. The van der Waals surface area contributed by atoms with E-state index in [9.17, 15) is 23.3 Å². The van der Waals surface area contributed by atoms with E-state index in [0.717, 1.165) is 6.07 Å². The summed E-state index contributed by atoms with van der Waals surface area (Å²) in [6.45, 7) is 0. The van der Waals surface area contributed by atoms with Gasteiger partial charge in [0.05, 0.1) is 10.5 Å². The molecule has 120 valence electrons. The maximum atomic E-state index is 12.6. The van der Waals surface area contributed by atoms with Gasteiger partial charge in [-0.2, -0.15) is 13.2 Å². The van der Waals surface area contributed by atoms with Crippen molar-refractivity contribution in [1.82, 2.24) is 0 Å². The number of alkyl halides is 3. The molecule has 0 heterocycles. The molecule has 2 N–H and O–H groups in total. The van der Waals surface area contributed by atoms with Crippen LogP contribution in [0.3, 0.4) is 0 Å². The molecule has 0 aliphatic heterocycles. The summed E-state index contributed by atoms with van der Waals surface area (Å²) in [4.78, 5) is 9.95. The summed E-state index contributed by atoms with van der Waals surface area (Å²) in [6, 6.07) is 7.22. The second kappa shape index (κ2) is 6.27. The van der Waals surface area contributed by atoms with Crippen molar-refractivity contribution in [1.29, 1.82) is 0 Å². The second-order valence-electron chi connectivity index (χ2n) is 4.49. The van der Waals surface area contributed by atoms with Gasteiger partial charge in [0.15, 0.2) is 0 Å². The number of benzene rings is 2. The number of nitro groups is 1. The number of nitro benzene ring substituents is 1. The Labute approximate surface area is 128 Å². The van der Waals surface area contributed by atoms with Crippen LogP contribution >= 0.6 is 0 Å². The predicted molar refractivity (Wildman–Crippen MR) is 74.4 cm³/mol. The fraction of sp³-hybridized carbons (Fsp3) is 0.0769. The van der Waals surface area contributed by atoms with Gasteiger partial charge in [-0.3, -0.25) is 10.1 Å². The molecule has 2 aromatic carbocycles. The molecule has 0 unspecified atom stereocenters. The molecule has 0 amide bonds. The first-order chi connectivity index (χ1) is 10.7. The normalized spacial score (nSPS) is 11.2. The van der Waals surface area contributed by atoms with Gasteiger partial charge in [-0.15, -0.1) is 0 Å². The minimum absolute atomic E-state index is 0.0125. The van der Waals surface area contributed by atoms with Crippen LogP contribution in [-0.4, -0.2) is 22.1 Å². The van der Waals surface area contributed by atoms with E-state index in [-0.39, 0.29) is 11.2 Å². The fourth-order valence-corrected chi connectivity index (χ4v) is 1.79. The summed E-state index contributed by atoms with van der Waals surface area (Å²) in [5.74, 6) is -0.383. The Morgan fingerprint density at radius 1 is 1.13 bits per heavy atom. The first-order valence-electron chi connectivity index (χ1n) is 6.18. The number of rotatable bonds is 4. The van der Waals surface area contributed by atoms with Crippen LogP contribution in [0.25, 0.3) is 0 Å². The lowest BCUT2D eigenvalue weighted by Crippen LogP contribution is -2.29. The smallest absolute Gasteiger partial charge is 0.450 e. The summed E-state index contributed by atoms with van der Waals surface area (Å²) in [5, 5.41) is 29.0. The highest BCUT2D eigenvalue weighted by atomic mass is 19.4. The molecule has 0 spiro atoms. The largest absolute Gasteiger partial charge is 0.488 e. The predicted octanol–water partition coefficient (Wildman–Crippen LogP) is 2.09. The fourth-order valence-electron chi connectivity index (χ4n) is 1.79. The van der Waals surface area contributed by atoms with Gasteiger partial charge in [0.25, 0.3) is 0 Å². The molecule has 0 saturated heterocycles. The molecule has 0 saturated carbocycles. The summed E-state index contributed by atoms with van der Waals surface area (Å²) in [5.41, 5.74) is -1.96. The summed E-state index contributed by atoms with van der Waals surface area (Å²) < 4.78 is 43.0. The van der Waals surface area contributed by atoms with Crippen LogP contribution in [0, 0.1) is 10.1 Å². The van der Waals surface area contributed by atoms with Gasteiger partial charge in [0.1, 0.15) is 5.75 Å². The highest BCUT2D eigenvalue weighted by molar-refractivity contribution is 6.58. The van der Waals surface area contributed by atoms with Crippen molar-refractivity contribution < 1.29 is 32.9 Å². The number of hydrogen-bond acceptors (Lipinski definition) is 5. The Morgan fingerprint density at radius 3 is 2.39 bits per heavy atom. The molecule has 2 aromatic rings. The molecule has 0 fully saturated rings. The monoisotopic (exact) mass is 327 g/mol. The van der Waals surface area contributed by atoms with Crippen LogP contribution in [-0.2, 0) is 6.18 Å². The van der Waals surface area contributed by atoms with E-state index in [0.29, 0.717) is 12.1 Å². The molecule has 0 atom stereocenters. The van der Waals surface area contributed by atoms with Crippen molar-refractivity contribution in [2.75, 3.05) is 0 Å².